The van der Waals surface area contributed by atoms with Crippen LogP contribution >= 0.6 is 11.3 Å². The van der Waals surface area contributed by atoms with Gasteiger partial charge < -0.3 is 4.74 Å². The number of carbonyl (C=O) groups excluding carboxylic acids is 2. The third kappa shape index (κ3) is 4.19. The van der Waals surface area contributed by atoms with E-state index >= 15 is 0 Å². The molecule has 138 valence electrons. The molecule has 1 aromatic carbocycles. The van der Waals surface area contributed by atoms with Crippen molar-refractivity contribution in [2.75, 3.05) is 20.2 Å². The van der Waals surface area contributed by atoms with Crippen molar-refractivity contribution in [3.63, 3.8) is 0 Å². The van der Waals surface area contributed by atoms with Crippen LogP contribution in [0.5, 0.6) is 5.75 Å². The van der Waals surface area contributed by atoms with Gasteiger partial charge in [-0.25, -0.2) is 4.39 Å². The molecule has 0 saturated carbocycles. The van der Waals surface area contributed by atoms with Crippen LogP contribution in [-0.4, -0.2) is 36.7 Å². The number of hydrogen-bond acceptors (Lipinski definition) is 5. The number of halogens is 1. The quantitative estimate of drug-likeness (QED) is 0.710. The summed E-state index contributed by atoms with van der Waals surface area (Å²) in [6.45, 7) is 3.82. The largest absolute Gasteiger partial charge is 0.496 e. The minimum Gasteiger partial charge on any atom is -0.496 e. The molecule has 0 bridgehead atoms. The topological polar surface area (TPSA) is 46.6 Å². The predicted molar refractivity (Wildman–Crippen MR) is 99.6 cm³/mol. The number of carbonyl (C=O) groups is 2. The van der Waals surface area contributed by atoms with Crippen LogP contribution in [0.25, 0.3) is 0 Å². The predicted octanol–water partition coefficient (Wildman–Crippen LogP) is 4.19. The maximum absolute atomic E-state index is 13.6. The number of Topliss-reactive ketones (excluding diaryl/α,β-unsaturated/α-hetero) is 2. The van der Waals surface area contributed by atoms with Crippen LogP contribution in [-0.2, 0) is 6.54 Å². The molecule has 1 fully saturated rings. The van der Waals surface area contributed by atoms with Crippen molar-refractivity contribution in [2.45, 2.75) is 26.3 Å². The Kier molecular flexibility index (Phi) is 5.84. The Labute approximate surface area is 156 Å². The highest BCUT2D eigenvalue weighted by Crippen LogP contribution is 2.28. The van der Waals surface area contributed by atoms with Gasteiger partial charge in [-0.05, 0) is 61.5 Å². The van der Waals surface area contributed by atoms with E-state index in [2.05, 4.69) is 4.90 Å². The van der Waals surface area contributed by atoms with Crippen molar-refractivity contribution in [1.29, 1.82) is 0 Å². The van der Waals surface area contributed by atoms with Crippen molar-refractivity contribution in [1.82, 2.24) is 4.90 Å². The van der Waals surface area contributed by atoms with Crippen molar-refractivity contribution >= 4 is 22.9 Å². The van der Waals surface area contributed by atoms with Gasteiger partial charge in [0.25, 0.3) is 0 Å². The molecular weight excluding hydrogens is 353 g/mol. The number of thiophene rings is 1. The molecule has 1 aromatic heterocycles. The Hall–Kier alpha value is -2.05. The van der Waals surface area contributed by atoms with E-state index in [1.54, 1.807) is 6.92 Å². The van der Waals surface area contributed by atoms with Crippen LogP contribution in [0.2, 0.25) is 0 Å². The van der Waals surface area contributed by atoms with E-state index in [1.165, 1.54) is 36.6 Å². The summed E-state index contributed by atoms with van der Waals surface area (Å²) in [5, 5.41) is 2.00. The van der Waals surface area contributed by atoms with Crippen molar-refractivity contribution < 1.29 is 18.7 Å². The van der Waals surface area contributed by atoms with Gasteiger partial charge in [0.2, 0.25) is 0 Å². The summed E-state index contributed by atoms with van der Waals surface area (Å²) in [4.78, 5) is 27.3. The molecule has 2 aromatic rings. The molecule has 0 spiro atoms. The third-order valence-corrected chi connectivity index (χ3v) is 5.79. The summed E-state index contributed by atoms with van der Waals surface area (Å²) in [6.07, 6.45) is 1.70. The highest BCUT2D eigenvalue weighted by atomic mass is 32.1. The number of likely N-dealkylation sites (tertiary alicyclic amines) is 1. The molecule has 2 heterocycles. The fraction of sp³-hybridized carbons (Fsp3) is 0.400. The molecule has 0 unspecified atom stereocenters. The lowest BCUT2D eigenvalue weighted by Crippen LogP contribution is -2.38. The molecule has 6 heteroatoms. The molecule has 1 atom stereocenters. The molecule has 0 N–H and O–H groups in total. The van der Waals surface area contributed by atoms with E-state index in [-0.39, 0.29) is 17.5 Å². The molecule has 1 aliphatic rings. The van der Waals surface area contributed by atoms with E-state index in [0.29, 0.717) is 24.4 Å². The zero-order chi connectivity index (χ0) is 18.7. The summed E-state index contributed by atoms with van der Waals surface area (Å²) in [7, 11) is 1.49. The number of ether oxygens (including phenoxy) is 1. The Balaban J connectivity index is 1.70. The fourth-order valence-corrected chi connectivity index (χ4v) is 4.21. The number of benzene rings is 1. The van der Waals surface area contributed by atoms with Crippen molar-refractivity contribution in [3.05, 3.63) is 51.5 Å². The lowest BCUT2D eigenvalue weighted by molar-refractivity contribution is 0.0808. The van der Waals surface area contributed by atoms with Crippen LogP contribution in [0.15, 0.2) is 29.6 Å². The molecule has 3 rings (SSSR count). The fourth-order valence-electron chi connectivity index (χ4n) is 3.41. The molecule has 26 heavy (non-hydrogen) atoms. The molecule has 1 aliphatic heterocycles. The maximum Gasteiger partial charge on any atom is 0.171 e. The lowest BCUT2D eigenvalue weighted by Gasteiger charge is -2.32. The second kappa shape index (κ2) is 8.10. The minimum atomic E-state index is -0.433. The first kappa shape index (κ1) is 18.7. The average molecular weight is 375 g/mol. The normalized spacial score (nSPS) is 17.9. The van der Waals surface area contributed by atoms with Crippen molar-refractivity contribution in [3.8, 4) is 5.75 Å². The van der Waals surface area contributed by atoms with E-state index in [1.807, 2.05) is 11.4 Å². The third-order valence-electron chi connectivity index (χ3n) is 4.71. The lowest BCUT2D eigenvalue weighted by atomic mass is 9.89. The van der Waals surface area contributed by atoms with E-state index < -0.39 is 5.82 Å². The van der Waals surface area contributed by atoms with Gasteiger partial charge in [0.05, 0.1) is 17.6 Å². The maximum atomic E-state index is 13.6. The van der Waals surface area contributed by atoms with Gasteiger partial charge in [-0.3, -0.25) is 14.5 Å². The number of rotatable bonds is 6. The Morgan fingerprint density at radius 1 is 1.35 bits per heavy atom. The first-order valence-corrected chi connectivity index (χ1v) is 9.54. The van der Waals surface area contributed by atoms with Gasteiger partial charge in [-0.15, -0.1) is 11.3 Å². The number of nitrogens with zero attached hydrogens (tertiary/aromatic N) is 1. The zero-order valence-electron chi connectivity index (χ0n) is 15.0. The minimum absolute atomic E-state index is 0.0687. The van der Waals surface area contributed by atoms with Gasteiger partial charge >= 0.3 is 0 Å². The second-order valence-corrected chi connectivity index (χ2v) is 7.57. The first-order chi connectivity index (χ1) is 12.5. The monoisotopic (exact) mass is 375 g/mol. The van der Waals surface area contributed by atoms with Gasteiger partial charge in [0.1, 0.15) is 11.6 Å². The van der Waals surface area contributed by atoms with Crippen LogP contribution in [0.4, 0.5) is 4.39 Å². The average Bonchev–Trinajstić information content (AvgIpc) is 3.10. The summed E-state index contributed by atoms with van der Waals surface area (Å²) < 4.78 is 18.8. The highest BCUT2D eigenvalue weighted by molar-refractivity contribution is 7.12. The van der Waals surface area contributed by atoms with Crippen LogP contribution in [0.1, 0.15) is 45.4 Å². The number of hydrogen-bond donors (Lipinski definition) is 0. The smallest absolute Gasteiger partial charge is 0.171 e. The van der Waals surface area contributed by atoms with Crippen LogP contribution in [0.3, 0.4) is 0 Å². The number of ketones is 2. The summed E-state index contributed by atoms with van der Waals surface area (Å²) in [5.41, 5.74) is 1.41. The molecule has 4 nitrogen and oxygen atoms in total. The Morgan fingerprint density at radius 2 is 2.15 bits per heavy atom. The van der Waals surface area contributed by atoms with Gasteiger partial charge in [0.15, 0.2) is 11.6 Å². The summed E-state index contributed by atoms with van der Waals surface area (Å²) in [5.74, 6) is -0.188. The van der Waals surface area contributed by atoms with Gasteiger partial charge in [-0.2, -0.15) is 0 Å². The second-order valence-electron chi connectivity index (χ2n) is 6.66. The highest BCUT2D eigenvalue weighted by Gasteiger charge is 2.28. The summed E-state index contributed by atoms with van der Waals surface area (Å²) >= 11 is 1.46. The number of piperidine rings is 1. The number of methoxy groups -OCH3 is 1. The van der Waals surface area contributed by atoms with E-state index in [9.17, 15) is 14.0 Å². The Morgan fingerprint density at radius 3 is 2.85 bits per heavy atom. The molecule has 0 amide bonds. The molecule has 0 aliphatic carbocycles. The van der Waals surface area contributed by atoms with Crippen molar-refractivity contribution in [2.24, 2.45) is 5.92 Å². The van der Waals surface area contributed by atoms with Crippen LogP contribution in [0, 0.1) is 11.7 Å². The van der Waals surface area contributed by atoms with E-state index in [4.69, 9.17) is 4.74 Å². The SMILES string of the molecule is COc1ccc(F)cc1C(=O)[C@@H]1CCCN(Cc2csc(C(C)=O)c2)C1. The van der Waals surface area contributed by atoms with E-state index in [0.717, 1.165) is 29.8 Å². The van der Waals surface area contributed by atoms with Crippen LogP contribution < -0.4 is 4.74 Å². The zero-order valence-corrected chi connectivity index (χ0v) is 15.8. The molecule has 1 saturated heterocycles. The Bertz CT molecular complexity index is 817. The summed E-state index contributed by atoms with van der Waals surface area (Å²) in [6, 6.07) is 5.98. The van der Waals surface area contributed by atoms with Gasteiger partial charge in [-0.1, -0.05) is 0 Å². The first-order valence-electron chi connectivity index (χ1n) is 8.66. The van der Waals surface area contributed by atoms with Gasteiger partial charge in [0, 0.05) is 19.0 Å². The molecule has 0 radical (unpaired) electrons. The standard InChI is InChI=1S/C20H22FNO3S/c1-13(23)19-8-14(12-26-19)10-22-7-3-4-15(11-22)20(24)17-9-16(21)5-6-18(17)25-2/h5-6,8-9,12,15H,3-4,7,10-11H2,1-2H3/t15-/m1/s1. The molecular formula is C20H22FNO3S.